The molecule has 0 saturated carbocycles. The fourth-order valence-electron chi connectivity index (χ4n) is 13.8. The van der Waals surface area contributed by atoms with Crippen LogP contribution in [-0.4, -0.2) is 148 Å². The SMILES string of the molecule is COC(=O)N[C@H](C(=O)N1CCC[C@H]1c1nc2cc(F)c([C@H]3CC[C@H](c4cc5nc([C@@H]6CCCN6C(=O)[C@@H](NC(=O)OC)[C@@H](C)OC)n(COC(=O)c6ccccc6COP(=O)(O)O)c5cc4F)N3c3cc(F)c(N4CCC(c5ccc(F)cc5)CC4)c(F)c3)cc2[nH]1)[C@@H](C)OC. The predicted molar refractivity (Wildman–Crippen MR) is 338 cm³/mol. The summed E-state index contributed by atoms with van der Waals surface area (Å²) in [6.45, 7) is 2.84. The van der Waals surface area contributed by atoms with Crippen molar-refractivity contribution in [1.29, 1.82) is 0 Å². The summed E-state index contributed by atoms with van der Waals surface area (Å²) in [5.74, 6) is -5.45. The number of aromatic nitrogens is 4. The molecule has 4 aliphatic heterocycles. The summed E-state index contributed by atoms with van der Waals surface area (Å²) in [5.41, 5.74) is 1.25. The highest BCUT2D eigenvalue weighted by Gasteiger charge is 2.44. The van der Waals surface area contributed by atoms with Gasteiger partial charge in [0.1, 0.15) is 46.9 Å². The van der Waals surface area contributed by atoms with E-state index in [0.29, 0.717) is 50.0 Å². The number of benzene rings is 5. The molecular weight excluding hydrogens is 1280 g/mol. The number of aromatic amines is 1. The van der Waals surface area contributed by atoms with E-state index in [-0.39, 0.29) is 107 Å². The van der Waals surface area contributed by atoms with Crippen LogP contribution in [0.2, 0.25) is 0 Å². The maximum absolute atomic E-state index is 17.9. The molecule has 0 aliphatic carbocycles. The molecule has 5 N–H and O–H groups in total. The van der Waals surface area contributed by atoms with Crippen LogP contribution in [0.1, 0.15) is 140 Å². The first-order valence-corrected chi connectivity index (χ1v) is 33.0. The average molecular weight is 1360 g/mol. The van der Waals surface area contributed by atoms with Gasteiger partial charge in [-0.2, -0.15) is 0 Å². The molecule has 11 rings (SSSR count). The van der Waals surface area contributed by atoms with Gasteiger partial charge in [-0.25, -0.2) is 50.9 Å². The number of phosphoric ester groups is 1. The van der Waals surface area contributed by atoms with Crippen LogP contribution in [0.5, 0.6) is 0 Å². The number of imidazole rings is 2. The Morgan fingerprint density at radius 1 is 0.656 bits per heavy atom. The predicted octanol–water partition coefficient (Wildman–Crippen LogP) is 10.3. The van der Waals surface area contributed by atoms with Crippen molar-refractivity contribution in [2.24, 2.45) is 0 Å². The van der Waals surface area contributed by atoms with E-state index in [1.54, 1.807) is 40.7 Å². The number of alkyl carbamates (subject to hydrolysis) is 2. The van der Waals surface area contributed by atoms with E-state index in [1.807, 2.05) is 0 Å². The molecule has 7 aromatic rings. The number of halogens is 5. The normalized spacial score (nSPS) is 19.8. The van der Waals surface area contributed by atoms with Gasteiger partial charge in [0.25, 0.3) is 0 Å². The summed E-state index contributed by atoms with van der Waals surface area (Å²) in [6, 6.07) is 13.5. The lowest BCUT2D eigenvalue weighted by atomic mass is 9.89. The van der Waals surface area contributed by atoms with E-state index in [2.05, 4.69) is 15.6 Å². The number of hydrogen-bond acceptors (Lipinski definition) is 16. The highest BCUT2D eigenvalue weighted by molar-refractivity contribution is 7.46. The zero-order valence-electron chi connectivity index (χ0n) is 53.4. The zero-order chi connectivity index (χ0) is 68.4. The summed E-state index contributed by atoms with van der Waals surface area (Å²) < 4.78 is 128. The van der Waals surface area contributed by atoms with E-state index < -0.39 is 123 Å². The van der Waals surface area contributed by atoms with Crippen molar-refractivity contribution in [3.63, 3.8) is 0 Å². The Balaban J connectivity index is 0.989. The van der Waals surface area contributed by atoms with E-state index in [9.17, 15) is 42.7 Å². The zero-order valence-corrected chi connectivity index (χ0v) is 54.3. The van der Waals surface area contributed by atoms with Gasteiger partial charge in [-0.15, -0.1) is 0 Å². The average Bonchev–Trinajstić information content (AvgIpc) is 1.58. The molecule has 4 aliphatic rings. The molecule has 30 heteroatoms. The third-order valence-corrected chi connectivity index (χ3v) is 19.3. The van der Waals surface area contributed by atoms with E-state index in [4.69, 9.17) is 38.2 Å². The van der Waals surface area contributed by atoms with Gasteiger partial charge < -0.3 is 68.7 Å². The monoisotopic (exact) mass is 1360 g/mol. The van der Waals surface area contributed by atoms with Crippen molar-refractivity contribution in [2.45, 2.75) is 133 Å². The molecule has 0 radical (unpaired) electrons. The molecule has 6 heterocycles. The maximum atomic E-state index is 17.9. The number of fused-ring (bicyclic) bond motifs is 2. The van der Waals surface area contributed by atoms with Crippen LogP contribution in [0.3, 0.4) is 0 Å². The number of likely N-dealkylation sites (tertiary alicyclic amines) is 2. The van der Waals surface area contributed by atoms with Crippen molar-refractivity contribution < 1.29 is 88.5 Å². The minimum Gasteiger partial charge on any atom is -0.453 e. The summed E-state index contributed by atoms with van der Waals surface area (Å²) in [5, 5.41) is 5.10. The largest absolute Gasteiger partial charge is 0.469 e. The van der Waals surface area contributed by atoms with Crippen molar-refractivity contribution in [3.05, 3.63) is 153 Å². The van der Waals surface area contributed by atoms with Crippen LogP contribution >= 0.6 is 7.82 Å². The Kier molecular flexibility index (Phi) is 20.7. The standard InChI is InChI=1S/C66H74F5N10O14P/c1-35(90-3)57(75-65(85)92-5)62(82)78-23-9-13-54(78)60-72-49-29-43(45(68)31-50(49)73-60)52-19-20-53(81(52)41-27-47(70)59(48(71)28-41)77-25-21-38(22-26-77)37-15-17-40(67)18-16-37)44-30-51-56(32-46(44)69)80(34-94-64(84)42-12-8-7-11-39(42)33-95-96(87,88)89)61(74-51)55-14-10-24-79(55)63(83)58(36(2)91-4)76-66(86)93-6/h7-8,11-12,15-18,27-32,35-36,38,52-55,57-58H,9-10,13-14,19-26,33-34H2,1-6H3,(H,72,73)(H,75,85)(H,76,86)(H2,87,88,89)/t35-,36-,52-,53-,54+,55+,57+,58+/m1/s1. The van der Waals surface area contributed by atoms with Crippen LogP contribution in [0.15, 0.2) is 84.9 Å². The minimum atomic E-state index is -4.99. The number of nitrogens with zero attached hydrogens (tertiary/aromatic N) is 7. The van der Waals surface area contributed by atoms with Crippen LogP contribution in [0.4, 0.5) is 42.9 Å². The fourth-order valence-corrected chi connectivity index (χ4v) is 14.1. The van der Waals surface area contributed by atoms with Crippen LogP contribution < -0.4 is 20.4 Å². The molecule has 4 fully saturated rings. The first-order valence-electron chi connectivity index (χ1n) is 31.5. The second-order valence-corrected chi connectivity index (χ2v) is 25.6. The number of H-pyrrole nitrogens is 1. The van der Waals surface area contributed by atoms with Gasteiger partial charge in [0.15, 0.2) is 18.4 Å². The minimum absolute atomic E-state index is 0.00757. The number of piperidine rings is 1. The van der Waals surface area contributed by atoms with E-state index in [1.165, 1.54) is 85.4 Å². The van der Waals surface area contributed by atoms with Crippen LogP contribution in [-0.2, 0) is 55.7 Å². The summed E-state index contributed by atoms with van der Waals surface area (Å²) in [7, 11) is 0.0701. The highest BCUT2D eigenvalue weighted by Crippen LogP contribution is 2.51. The van der Waals surface area contributed by atoms with Gasteiger partial charge in [-0.1, -0.05) is 30.3 Å². The summed E-state index contributed by atoms with van der Waals surface area (Å²) in [6.07, 6.45) is -0.471. The second-order valence-electron chi connectivity index (χ2n) is 24.3. The second kappa shape index (κ2) is 28.9. The summed E-state index contributed by atoms with van der Waals surface area (Å²) >= 11 is 0. The first-order chi connectivity index (χ1) is 46.0. The Bertz CT molecular complexity index is 4090. The van der Waals surface area contributed by atoms with Gasteiger partial charge >= 0.3 is 26.0 Å². The molecule has 96 heavy (non-hydrogen) atoms. The topological polar surface area (TPSA) is 282 Å². The van der Waals surface area contributed by atoms with E-state index >= 15 is 17.6 Å². The summed E-state index contributed by atoms with van der Waals surface area (Å²) in [4.78, 5) is 106. The number of rotatable bonds is 21. The molecule has 5 aromatic carbocycles. The van der Waals surface area contributed by atoms with Gasteiger partial charge in [-0.05, 0) is 125 Å². The lowest BCUT2D eigenvalue weighted by Gasteiger charge is -2.36. The number of esters is 1. The molecule has 4 saturated heterocycles. The van der Waals surface area contributed by atoms with Gasteiger partial charge in [0.05, 0.1) is 84.8 Å². The van der Waals surface area contributed by atoms with Gasteiger partial charge in [-0.3, -0.25) is 18.7 Å². The molecule has 0 unspecified atom stereocenters. The van der Waals surface area contributed by atoms with Crippen molar-refractivity contribution in [1.82, 2.24) is 40.0 Å². The Labute approximate surface area is 548 Å². The number of amides is 4. The number of carbonyl (C=O) groups is 5. The van der Waals surface area contributed by atoms with Gasteiger partial charge in [0.2, 0.25) is 11.8 Å². The van der Waals surface area contributed by atoms with Gasteiger partial charge in [0, 0.05) is 69.3 Å². The van der Waals surface area contributed by atoms with Crippen LogP contribution in [0.25, 0.3) is 22.1 Å². The number of phosphoric acid groups is 1. The Morgan fingerprint density at radius 2 is 1.23 bits per heavy atom. The molecular formula is C66H74F5N10O14P. The number of carbonyl (C=O) groups excluding carboxylic acids is 5. The lowest BCUT2D eigenvalue weighted by Crippen LogP contribution is -2.54. The third kappa shape index (κ3) is 14.2. The molecule has 8 atom stereocenters. The number of hydrogen-bond donors (Lipinski definition) is 5. The van der Waals surface area contributed by atoms with E-state index in [0.717, 1.165) is 30.9 Å². The van der Waals surface area contributed by atoms with Crippen LogP contribution in [0, 0.1) is 29.1 Å². The Hall–Kier alpha value is -8.73. The number of methoxy groups -OCH3 is 4. The molecule has 512 valence electrons. The molecule has 24 nitrogen and oxygen atoms in total. The fraction of sp³-hybridized carbons (Fsp3) is 0.439. The van der Waals surface area contributed by atoms with Crippen molar-refractivity contribution in [3.8, 4) is 0 Å². The number of nitrogens with one attached hydrogen (secondary N) is 3. The lowest BCUT2D eigenvalue weighted by molar-refractivity contribution is -0.138. The first kappa shape index (κ1) is 68.6. The molecule has 0 bridgehead atoms. The Morgan fingerprint density at radius 3 is 1.82 bits per heavy atom. The van der Waals surface area contributed by atoms with Crippen molar-refractivity contribution >= 4 is 71.2 Å². The highest BCUT2D eigenvalue weighted by atomic mass is 31.2. The molecule has 4 amide bonds. The smallest absolute Gasteiger partial charge is 0.453 e. The van der Waals surface area contributed by atoms with Crippen molar-refractivity contribution in [2.75, 3.05) is 64.4 Å². The quantitative estimate of drug-likeness (QED) is 0.0193. The maximum Gasteiger partial charge on any atom is 0.469 e. The number of anilines is 2. The molecule has 2 aromatic heterocycles. The number of ether oxygens (including phenoxy) is 5. The molecule has 0 spiro atoms. The third-order valence-electron chi connectivity index (χ3n) is 18.8.